The van der Waals surface area contributed by atoms with Gasteiger partial charge in [0.25, 0.3) is 5.91 Å². The van der Waals surface area contributed by atoms with E-state index in [0.717, 1.165) is 10.4 Å². The quantitative estimate of drug-likeness (QED) is 0.602. The average Bonchev–Trinajstić information content (AvgIpc) is 3.05. The maximum atomic E-state index is 12.2. The molecule has 0 bridgehead atoms. The van der Waals surface area contributed by atoms with Crippen molar-refractivity contribution in [2.75, 3.05) is 20.3 Å². The zero-order valence-electron chi connectivity index (χ0n) is 13.4. The first-order chi connectivity index (χ1) is 11.5. The smallest absolute Gasteiger partial charge is 0.349 e. The first-order valence-corrected chi connectivity index (χ1v) is 8.54. The van der Waals surface area contributed by atoms with Gasteiger partial charge in [-0.25, -0.2) is 4.79 Å². The van der Waals surface area contributed by atoms with E-state index >= 15 is 0 Å². The van der Waals surface area contributed by atoms with Crippen LogP contribution in [0.4, 0.5) is 0 Å². The van der Waals surface area contributed by atoms with E-state index in [9.17, 15) is 9.59 Å². The third kappa shape index (κ3) is 5.06. The lowest BCUT2D eigenvalue weighted by Gasteiger charge is -2.12. The Bertz CT molecular complexity index is 699. The van der Waals surface area contributed by atoms with E-state index in [2.05, 4.69) is 5.32 Å². The van der Waals surface area contributed by atoms with Crippen LogP contribution in [0, 0.1) is 0 Å². The van der Waals surface area contributed by atoms with Crippen molar-refractivity contribution < 1.29 is 19.1 Å². The first-order valence-electron chi connectivity index (χ1n) is 7.34. The fraction of sp³-hybridized carbons (Fsp3) is 0.294. The van der Waals surface area contributed by atoms with Gasteiger partial charge in [-0.2, -0.15) is 0 Å². The molecule has 1 heterocycles. The highest BCUT2D eigenvalue weighted by Crippen LogP contribution is 2.29. The minimum absolute atomic E-state index is 0.352. The Kier molecular flexibility index (Phi) is 6.78. The molecule has 0 unspecified atom stereocenters. The van der Waals surface area contributed by atoms with E-state index in [4.69, 9.17) is 21.1 Å². The van der Waals surface area contributed by atoms with Gasteiger partial charge in [-0.1, -0.05) is 23.7 Å². The second-order valence-electron chi connectivity index (χ2n) is 5.00. The summed E-state index contributed by atoms with van der Waals surface area (Å²) in [5.74, 6) is -0.871. The molecule has 0 saturated carbocycles. The Morgan fingerprint density at radius 3 is 2.58 bits per heavy atom. The summed E-state index contributed by atoms with van der Waals surface area (Å²) in [5, 5.41) is 3.28. The van der Waals surface area contributed by atoms with Crippen LogP contribution in [0.15, 0.2) is 36.4 Å². The molecule has 0 saturated heterocycles. The van der Waals surface area contributed by atoms with E-state index in [1.165, 1.54) is 18.3 Å². The Hall–Kier alpha value is -1.89. The number of nitrogens with one attached hydrogen (secondary N) is 1. The van der Waals surface area contributed by atoms with Gasteiger partial charge in [0.05, 0.1) is 6.61 Å². The van der Waals surface area contributed by atoms with Crippen molar-refractivity contribution in [3.63, 3.8) is 0 Å². The summed E-state index contributed by atoms with van der Waals surface area (Å²) in [6.45, 7) is 2.31. The highest BCUT2D eigenvalue weighted by molar-refractivity contribution is 7.17. The van der Waals surface area contributed by atoms with Crippen LogP contribution in [0.2, 0.25) is 5.02 Å². The van der Waals surface area contributed by atoms with Crippen LogP contribution >= 0.6 is 22.9 Å². The van der Waals surface area contributed by atoms with E-state index < -0.39 is 12.1 Å². The van der Waals surface area contributed by atoms with Gasteiger partial charge in [0.15, 0.2) is 6.10 Å². The van der Waals surface area contributed by atoms with Gasteiger partial charge in [-0.15, -0.1) is 11.3 Å². The van der Waals surface area contributed by atoms with Crippen LogP contribution in [0.1, 0.15) is 16.6 Å². The topological polar surface area (TPSA) is 64.6 Å². The molecule has 0 aliphatic rings. The lowest BCUT2D eigenvalue weighted by molar-refractivity contribution is -0.129. The van der Waals surface area contributed by atoms with E-state index in [1.54, 1.807) is 25.3 Å². The minimum atomic E-state index is -0.865. The van der Waals surface area contributed by atoms with Crippen LogP contribution in [0.5, 0.6) is 0 Å². The Morgan fingerprint density at radius 2 is 1.92 bits per heavy atom. The van der Waals surface area contributed by atoms with Crippen LogP contribution in [0.25, 0.3) is 10.4 Å². The van der Waals surface area contributed by atoms with Crippen molar-refractivity contribution >= 4 is 34.8 Å². The number of esters is 1. The number of hydrogen-bond donors (Lipinski definition) is 1. The summed E-state index contributed by atoms with van der Waals surface area (Å²) >= 11 is 7.18. The zero-order valence-corrected chi connectivity index (χ0v) is 14.9. The van der Waals surface area contributed by atoms with Crippen LogP contribution in [0.3, 0.4) is 0 Å². The number of thiophene rings is 1. The third-order valence-electron chi connectivity index (χ3n) is 3.19. The molecule has 0 fully saturated rings. The number of halogens is 1. The van der Waals surface area contributed by atoms with Gasteiger partial charge in [-0.3, -0.25) is 4.79 Å². The lowest BCUT2D eigenvalue weighted by atomic mass is 10.2. The normalized spacial score (nSPS) is 11.8. The monoisotopic (exact) mass is 367 g/mol. The standard InChI is InChI=1S/C17H18ClNO4S/c1-11(16(20)19-9-10-22-2)23-17(21)15-8-7-14(24-15)12-3-5-13(18)6-4-12/h3-8,11H,9-10H2,1-2H3,(H,19,20)/t11-/m0/s1. The molecule has 0 aliphatic carbocycles. The molecular weight excluding hydrogens is 350 g/mol. The lowest BCUT2D eigenvalue weighted by Crippen LogP contribution is -2.37. The molecule has 7 heteroatoms. The van der Waals surface area contributed by atoms with Crippen molar-refractivity contribution in [2.24, 2.45) is 0 Å². The third-order valence-corrected chi connectivity index (χ3v) is 4.56. The number of ether oxygens (including phenoxy) is 2. The number of carbonyl (C=O) groups excluding carboxylic acids is 2. The zero-order chi connectivity index (χ0) is 17.5. The summed E-state index contributed by atoms with van der Waals surface area (Å²) in [6.07, 6.45) is -0.865. The average molecular weight is 368 g/mol. The number of methoxy groups -OCH3 is 1. The van der Waals surface area contributed by atoms with Crippen LogP contribution in [-0.2, 0) is 14.3 Å². The van der Waals surface area contributed by atoms with Crippen LogP contribution < -0.4 is 5.32 Å². The second-order valence-corrected chi connectivity index (χ2v) is 6.52. The van der Waals surface area contributed by atoms with E-state index in [-0.39, 0.29) is 5.91 Å². The van der Waals surface area contributed by atoms with Gasteiger partial charge in [0, 0.05) is 23.6 Å². The summed E-state index contributed by atoms with van der Waals surface area (Å²) < 4.78 is 10.0. The highest BCUT2D eigenvalue weighted by Gasteiger charge is 2.20. The molecule has 0 aliphatic heterocycles. The van der Waals surface area contributed by atoms with Crippen molar-refractivity contribution in [3.8, 4) is 10.4 Å². The highest BCUT2D eigenvalue weighted by atomic mass is 35.5. The Labute approximate surface area is 149 Å². The SMILES string of the molecule is COCCNC(=O)[C@H](C)OC(=O)c1ccc(-c2ccc(Cl)cc2)s1. The molecule has 1 atom stereocenters. The van der Waals surface area contributed by atoms with Crippen molar-refractivity contribution in [1.82, 2.24) is 5.32 Å². The molecule has 2 aromatic rings. The molecule has 5 nitrogen and oxygen atoms in total. The largest absolute Gasteiger partial charge is 0.448 e. The predicted molar refractivity (Wildman–Crippen MR) is 94.5 cm³/mol. The van der Waals surface area contributed by atoms with Crippen molar-refractivity contribution in [1.29, 1.82) is 0 Å². The fourth-order valence-corrected chi connectivity index (χ4v) is 2.93. The van der Waals surface area contributed by atoms with Crippen molar-refractivity contribution in [3.05, 3.63) is 46.3 Å². The molecule has 1 aromatic heterocycles. The van der Waals surface area contributed by atoms with Gasteiger partial charge >= 0.3 is 5.97 Å². The number of rotatable bonds is 7. The van der Waals surface area contributed by atoms with Gasteiger partial charge < -0.3 is 14.8 Å². The van der Waals surface area contributed by atoms with Gasteiger partial charge in [0.2, 0.25) is 0 Å². The molecule has 128 valence electrons. The van der Waals surface area contributed by atoms with Crippen LogP contribution in [-0.4, -0.2) is 38.2 Å². The van der Waals surface area contributed by atoms with E-state index in [1.807, 2.05) is 18.2 Å². The fourth-order valence-electron chi connectivity index (χ4n) is 1.91. The molecule has 24 heavy (non-hydrogen) atoms. The summed E-state index contributed by atoms with van der Waals surface area (Å²) in [7, 11) is 1.55. The summed E-state index contributed by atoms with van der Waals surface area (Å²) in [6, 6.07) is 10.9. The Balaban J connectivity index is 1.95. The van der Waals surface area contributed by atoms with E-state index in [0.29, 0.717) is 23.1 Å². The number of carbonyl (C=O) groups is 2. The molecule has 0 radical (unpaired) electrons. The molecular formula is C17H18ClNO4S. The minimum Gasteiger partial charge on any atom is -0.448 e. The first kappa shape index (κ1) is 18.4. The molecule has 1 amide bonds. The maximum Gasteiger partial charge on any atom is 0.349 e. The number of amides is 1. The molecule has 2 rings (SSSR count). The van der Waals surface area contributed by atoms with Gasteiger partial charge in [0.1, 0.15) is 4.88 Å². The molecule has 0 spiro atoms. The second kappa shape index (κ2) is 8.82. The summed E-state index contributed by atoms with van der Waals surface area (Å²) in [4.78, 5) is 25.3. The Morgan fingerprint density at radius 1 is 1.21 bits per heavy atom. The summed E-state index contributed by atoms with van der Waals surface area (Å²) in [5.41, 5.74) is 0.966. The molecule has 1 aromatic carbocycles. The maximum absolute atomic E-state index is 12.2. The predicted octanol–water partition coefficient (Wildman–Crippen LogP) is 3.38. The number of benzene rings is 1. The molecule has 1 N–H and O–H groups in total. The van der Waals surface area contributed by atoms with Crippen molar-refractivity contribution in [2.45, 2.75) is 13.0 Å². The van der Waals surface area contributed by atoms with Gasteiger partial charge in [-0.05, 0) is 36.8 Å². The number of hydrogen-bond acceptors (Lipinski definition) is 5.